The highest BCUT2D eigenvalue weighted by Gasteiger charge is 2.13. The van der Waals surface area contributed by atoms with Gasteiger partial charge in [0.1, 0.15) is 5.75 Å². The molecule has 0 unspecified atom stereocenters. The third kappa shape index (κ3) is 7.18. The Morgan fingerprint density at radius 2 is 1.74 bits per heavy atom. The Balaban J connectivity index is 1.68. The first-order valence-electron chi connectivity index (χ1n) is 11.6. The minimum atomic E-state index is -0.946. The number of carbonyl (C=O) groups is 2. The molecule has 0 saturated heterocycles. The Morgan fingerprint density at radius 3 is 2.50 bits per heavy atom. The molecule has 178 valence electrons. The van der Waals surface area contributed by atoms with E-state index in [4.69, 9.17) is 15.6 Å². The maximum absolute atomic E-state index is 12.9. The second-order valence-electron chi connectivity index (χ2n) is 8.29. The van der Waals surface area contributed by atoms with Gasteiger partial charge in [-0.3, -0.25) is 9.59 Å². The molecule has 0 fully saturated rings. The quantitative estimate of drug-likeness (QED) is 0.312. The lowest BCUT2D eigenvalue weighted by Crippen LogP contribution is -2.14. The molecule has 0 atom stereocenters. The predicted molar refractivity (Wildman–Crippen MR) is 135 cm³/mol. The first kappa shape index (κ1) is 25.0. The van der Waals surface area contributed by atoms with Gasteiger partial charge in [-0.15, -0.1) is 0 Å². The van der Waals surface area contributed by atoms with Crippen LogP contribution in [0.15, 0.2) is 66.7 Å². The summed E-state index contributed by atoms with van der Waals surface area (Å²) >= 11 is 0. The predicted octanol–water partition coefficient (Wildman–Crippen LogP) is 5.44. The largest absolute Gasteiger partial charge is 0.494 e. The topological polar surface area (TPSA) is 102 Å². The first-order chi connectivity index (χ1) is 16.5. The van der Waals surface area contributed by atoms with Crippen molar-refractivity contribution in [3.8, 4) is 16.9 Å². The summed E-state index contributed by atoms with van der Waals surface area (Å²) in [6.45, 7) is 3.45. The number of aliphatic carboxylic acids is 1. The number of ether oxygens (including phenoxy) is 1. The minimum Gasteiger partial charge on any atom is -0.494 e. The van der Waals surface area contributed by atoms with Crippen LogP contribution in [0.25, 0.3) is 11.1 Å². The summed E-state index contributed by atoms with van der Waals surface area (Å²) in [6, 6.07) is 20.3. The summed E-state index contributed by atoms with van der Waals surface area (Å²) in [5.74, 6) is -0.394. The van der Waals surface area contributed by atoms with Gasteiger partial charge in [0.2, 0.25) is 0 Å². The Morgan fingerprint density at radius 1 is 0.941 bits per heavy atom. The van der Waals surface area contributed by atoms with Gasteiger partial charge in [0.25, 0.3) is 5.91 Å². The molecule has 3 rings (SSSR count). The molecule has 3 aromatic carbocycles. The van der Waals surface area contributed by atoms with Gasteiger partial charge in [-0.25, -0.2) is 0 Å². The molecule has 0 radical (unpaired) electrons. The van der Waals surface area contributed by atoms with Crippen LogP contribution in [0.3, 0.4) is 0 Å². The molecule has 0 bridgehead atoms. The second kappa shape index (κ2) is 12.6. The van der Waals surface area contributed by atoms with Crippen molar-refractivity contribution in [2.45, 2.75) is 39.0 Å². The fraction of sp³-hybridized carbons (Fsp3) is 0.286. The molecule has 4 N–H and O–H groups in total. The summed E-state index contributed by atoms with van der Waals surface area (Å²) in [7, 11) is 0. The van der Waals surface area contributed by atoms with Crippen molar-refractivity contribution in [2.75, 3.05) is 18.5 Å². The molecular weight excluding hydrogens is 428 g/mol. The number of aryl methyl sites for hydroxylation is 1. The van der Waals surface area contributed by atoms with E-state index in [9.17, 15) is 9.59 Å². The zero-order chi connectivity index (χ0) is 24.3. The first-order valence-corrected chi connectivity index (χ1v) is 11.6. The Hall–Kier alpha value is -3.64. The number of carboxylic acid groups (broad SMARTS) is 1. The van der Waals surface area contributed by atoms with Gasteiger partial charge in [-0.2, -0.15) is 0 Å². The van der Waals surface area contributed by atoms with E-state index in [2.05, 4.69) is 5.32 Å². The molecule has 0 heterocycles. The van der Waals surface area contributed by atoms with E-state index in [0.29, 0.717) is 23.4 Å². The molecule has 0 aromatic heterocycles. The third-order valence-corrected chi connectivity index (χ3v) is 5.61. The van der Waals surface area contributed by atoms with Crippen molar-refractivity contribution in [3.05, 3.63) is 83.4 Å². The maximum Gasteiger partial charge on any atom is 0.307 e. The van der Waals surface area contributed by atoms with Crippen molar-refractivity contribution < 1.29 is 19.4 Å². The number of rotatable bonds is 12. The number of hydrogen-bond acceptors (Lipinski definition) is 4. The molecule has 0 saturated carbocycles. The summed E-state index contributed by atoms with van der Waals surface area (Å²) in [6.07, 6.45) is 4.15. The van der Waals surface area contributed by atoms with Gasteiger partial charge >= 0.3 is 5.97 Å². The number of unbranched alkanes of at least 4 members (excludes halogenated alkanes) is 3. The lowest BCUT2D eigenvalue weighted by atomic mass is 9.98. The van der Waals surface area contributed by atoms with Crippen molar-refractivity contribution in [3.63, 3.8) is 0 Å². The summed E-state index contributed by atoms with van der Waals surface area (Å²) in [4.78, 5) is 24.0. The average Bonchev–Trinajstić information content (AvgIpc) is 2.82. The fourth-order valence-corrected chi connectivity index (χ4v) is 3.82. The normalized spacial score (nSPS) is 10.6. The second-order valence-corrected chi connectivity index (χ2v) is 8.29. The number of hydrogen-bond donors (Lipinski definition) is 3. The summed E-state index contributed by atoms with van der Waals surface area (Å²) in [5, 5.41) is 12.0. The summed E-state index contributed by atoms with van der Waals surface area (Å²) in [5.41, 5.74) is 10.1. The van der Waals surface area contributed by atoms with Gasteiger partial charge in [0.05, 0.1) is 13.0 Å². The van der Waals surface area contributed by atoms with E-state index in [-0.39, 0.29) is 12.3 Å². The van der Waals surface area contributed by atoms with Gasteiger partial charge < -0.3 is 20.9 Å². The molecule has 1 amide bonds. The van der Waals surface area contributed by atoms with Gasteiger partial charge in [0.15, 0.2) is 0 Å². The van der Waals surface area contributed by atoms with Crippen LogP contribution in [0.1, 0.15) is 47.2 Å². The van der Waals surface area contributed by atoms with Crippen LogP contribution in [0, 0.1) is 6.92 Å². The SMILES string of the molecule is Cc1cc(OCCCCCCN)ccc1-c1cccc(C(=O)Nc2ccccc2CC(=O)O)c1. The zero-order valence-corrected chi connectivity index (χ0v) is 19.5. The van der Waals surface area contributed by atoms with Crippen LogP contribution < -0.4 is 15.8 Å². The van der Waals surface area contributed by atoms with Gasteiger partial charge in [0, 0.05) is 11.3 Å². The Kier molecular flexibility index (Phi) is 9.23. The van der Waals surface area contributed by atoms with E-state index in [1.807, 2.05) is 43.3 Å². The highest BCUT2D eigenvalue weighted by molar-refractivity contribution is 6.05. The zero-order valence-electron chi connectivity index (χ0n) is 19.5. The third-order valence-electron chi connectivity index (χ3n) is 5.61. The van der Waals surface area contributed by atoms with Crippen LogP contribution in [-0.2, 0) is 11.2 Å². The van der Waals surface area contributed by atoms with Crippen molar-refractivity contribution in [1.82, 2.24) is 0 Å². The number of carboxylic acids is 1. The van der Waals surface area contributed by atoms with Crippen LogP contribution in [0.2, 0.25) is 0 Å². The van der Waals surface area contributed by atoms with Crippen molar-refractivity contribution in [1.29, 1.82) is 0 Å². The number of anilines is 1. The van der Waals surface area contributed by atoms with Crippen LogP contribution in [0.5, 0.6) is 5.75 Å². The number of nitrogens with one attached hydrogen (secondary N) is 1. The standard InChI is InChI=1S/C28H32N2O4/c1-20-17-24(34-16-7-3-2-6-15-29)13-14-25(20)21-10-8-11-23(18-21)28(33)30-26-12-5-4-9-22(26)19-27(31)32/h4-5,8-14,17-18H,2-3,6-7,15-16,19,29H2,1H3,(H,30,33)(H,31,32). The van der Waals surface area contributed by atoms with Crippen LogP contribution in [-0.4, -0.2) is 30.1 Å². The molecule has 34 heavy (non-hydrogen) atoms. The number of amides is 1. The van der Waals surface area contributed by atoms with E-state index in [1.54, 1.807) is 30.3 Å². The Bertz CT molecular complexity index is 1130. The summed E-state index contributed by atoms with van der Waals surface area (Å²) < 4.78 is 5.89. The van der Waals surface area contributed by atoms with E-state index in [1.165, 1.54) is 0 Å². The molecular formula is C28H32N2O4. The van der Waals surface area contributed by atoms with Gasteiger partial charge in [-0.1, -0.05) is 49.2 Å². The fourth-order valence-electron chi connectivity index (χ4n) is 3.82. The molecule has 0 aliphatic heterocycles. The smallest absolute Gasteiger partial charge is 0.307 e. The van der Waals surface area contributed by atoms with E-state index >= 15 is 0 Å². The molecule has 0 aliphatic rings. The van der Waals surface area contributed by atoms with E-state index < -0.39 is 5.97 Å². The molecule has 6 nitrogen and oxygen atoms in total. The monoisotopic (exact) mass is 460 g/mol. The molecule has 0 spiro atoms. The molecule has 0 aliphatic carbocycles. The van der Waals surface area contributed by atoms with Crippen LogP contribution >= 0.6 is 0 Å². The molecule has 6 heteroatoms. The van der Waals surface area contributed by atoms with Crippen molar-refractivity contribution >= 4 is 17.6 Å². The van der Waals surface area contributed by atoms with E-state index in [0.717, 1.165) is 54.7 Å². The average molecular weight is 461 g/mol. The van der Waals surface area contributed by atoms with Gasteiger partial charge in [-0.05, 0) is 78.9 Å². The number of carbonyl (C=O) groups excluding carboxylic acids is 1. The highest BCUT2D eigenvalue weighted by atomic mass is 16.5. The number of para-hydroxylation sites is 1. The highest BCUT2D eigenvalue weighted by Crippen LogP contribution is 2.28. The lowest BCUT2D eigenvalue weighted by molar-refractivity contribution is -0.136. The number of benzene rings is 3. The lowest BCUT2D eigenvalue weighted by Gasteiger charge is -2.13. The number of nitrogens with two attached hydrogens (primary N) is 1. The molecule has 3 aromatic rings. The minimum absolute atomic E-state index is 0.155. The Labute approximate surface area is 200 Å². The van der Waals surface area contributed by atoms with Crippen LogP contribution in [0.4, 0.5) is 5.69 Å². The van der Waals surface area contributed by atoms with Crippen molar-refractivity contribution in [2.24, 2.45) is 5.73 Å². The maximum atomic E-state index is 12.9.